The summed E-state index contributed by atoms with van der Waals surface area (Å²) in [4.78, 5) is 14.6. The number of nitrogens with two attached hydrogens (primary N) is 1. The number of ether oxygens (including phenoxy) is 1. The molecule has 1 atom stereocenters. The highest BCUT2D eigenvalue weighted by Gasteiger charge is 2.45. The van der Waals surface area contributed by atoms with E-state index in [-0.39, 0.29) is 11.9 Å². The maximum atomic E-state index is 12.6. The fraction of sp³-hybridized carbons (Fsp3) is 0.562. The van der Waals surface area contributed by atoms with Crippen molar-refractivity contribution in [3.8, 4) is 5.75 Å². The summed E-state index contributed by atoms with van der Waals surface area (Å²) in [6.45, 7) is 0.828. The summed E-state index contributed by atoms with van der Waals surface area (Å²) in [6.07, 6.45) is 4.81. The van der Waals surface area contributed by atoms with Gasteiger partial charge >= 0.3 is 0 Å². The Bertz CT molecular complexity index is 494. The predicted octanol–water partition coefficient (Wildman–Crippen LogP) is 2.24. The molecular formula is C16H22N2O2. The number of hydrogen-bond donors (Lipinski definition) is 1. The van der Waals surface area contributed by atoms with Crippen LogP contribution in [0.2, 0.25) is 0 Å². The number of carbonyl (C=O) groups is 1. The molecule has 2 aliphatic rings. The van der Waals surface area contributed by atoms with Crippen LogP contribution in [-0.2, 0) is 4.79 Å². The van der Waals surface area contributed by atoms with Gasteiger partial charge in [-0.1, -0.05) is 12.1 Å². The maximum Gasteiger partial charge on any atom is 0.243 e. The highest BCUT2D eigenvalue weighted by Crippen LogP contribution is 2.38. The van der Waals surface area contributed by atoms with Crippen LogP contribution in [0.3, 0.4) is 0 Å². The summed E-state index contributed by atoms with van der Waals surface area (Å²) in [6, 6.07) is 8.20. The van der Waals surface area contributed by atoms with Gasteiger partial charge in [0.25, 0.3) is 0 Å². The minimum Gasteiger partial charge on any atom is -0.497 e. The first-order valence-electron chi connectivity index (χ1n) is 7.38. The number of methoxy groups -OCH3 is 1. The zero-order chi connectivity index (χ0) is 14.2. The number of nitrogens with zero attached hydrogens (tertiary/aromatic N) is 1. The smallest absolute Gasteiger partial charge is 0.243 e. The minimum absolute atomic E-state index is 0.141. The lowest BCUT2D eigenvalue weighted by Crippen LogP contribution is -2.59. The minimum atomic E-state index is -0.588. The van der Waals surface area contributed by atoms with Crippen molar-refractivity contribution >= 4 is 5.91 Å². The Morgan fingerprint density at radius 1 is 1.30 bits per heavy atom. The zero-order valence-corrected chi connectivity index (χ0v) is 12.0. The summed E-state index contributed by atoms with van der Waals surface area (Å²) in [5, 5.41) is 0. The van der Waals surface area contributed by atoms with Gasteiger partial charge in [-0.15, -0.1) is 0 Å². The first-order chi connectivity index (χ1) is 9.64. The topological polar surface area (TPSA) is 55.6 Å². The molecule has 0 aromatic heterocycles. The van der Waals surface area contributed by atoms with E-state index in [1.165, 1.54) is 5.56 Å². The summed E-state index contributed by atoms with van der Waals surface area (Å²) < 4.78 is 5.19. The van der Waals surface area contributed by atoms with Crippen LogP contribution in [0, 0.1) is 0 Å². The Morgan fingerprint density at radius 3 is 2.55 bits per heavy atom. The van der Waals surface area contributed by atoms with Crippen molar-refractivity contribution < 1.29 is 9.53 Å². The largest absolute Gasteiger partial charge is 0.497 e. The Hall–Kier alpha value is -1.55. The fourth-order valence-electron chi connectivity index (χ4n) is 3.24. The third kappa shape index (κ3) is 2.18. The van der Waals surface area contributed by atoms with Crippen LogP contribution in [0.4, 0.5) is 0 Å². The van der Waals surface area contributed by atoms with Crippen molar-refractivity contribution in [2.75, 3.05) is 13.7 Å². The molecule has 1 aromatic carbocycles. The molecular weight excluding hydrogens is 252 g/mol. The van der Waals surface area contributed by atoms with E-state index in [1.807, 2.05) is 17.0 Å². The molecule has 1 aliphatic carbocycles. The molecule has 0 bridgehead atoms. The average molecular weight is 274 g/mol. The van der Waals surface area contributed by atoms with Crippen molar-refractivity contribution in [1.29, 1.82) is 0 Å². The van der Waals surface area contributed by atoms with Crippen LogP contribution in [0.15, 0.2) is 24.3 Å². The summed E-state index contributed by atoms with van der Waals surface area (Å²) in [7, 11) is 1.66. The molecule has 2 fully saturated rings. The fourth-order valence-corrected chi connectivity index (χ4v) is 3.24. The van der Waals surface area contributed by atoms with Crippen LogP contribution in [0.25, 0.3) is 0 Å². The quantitative estimate of drug-likeness (QED) is 0.919. The molecule has 1 saturated carbocycles. The van der Waals surface area contributed by atoms with Gasteiger partial charge in [-0.05, 0) is 49.8 Å². The van der Waals surface area contributed by atoms with E-state index in [9.17, 15) is 4.79 Å². The summed E-state index contributed by atoms with van der Waals surface area (Å²) >= 11 is 0. The summed E-state index contributed by atoms with van der Waals surface area (Å²) in [5.41, 5.74) is 6.79. The number of likely N-dealkylation sites (tertiary alicyclic amines) is 1. The van der Waals surface area contributed by atoms with Gasteiger partial charge in [-0.2, -0.15) is 0 Å². The van der Waals surface area contributed by atoms with Gasteiger partial charge in [0.2, 0.25) is 5.91 Å². The van der Waals surface area contributed by atoms with Crippen LogP contribution < -0.4 is 10.5 Å². The van der Waals surface area contributed by atoms with Gasteiger partial charge in [0, 0.05) is 6.54 Å². The molecule has 1 unspecified atom stereocenters. The number of carbonyl (C=O) groups excluding carboxylic acids is 1. The van der Waals surface area contributed by atoms with Crippen molar-refractivity contribution in [1.82, 2.24) is 4.90 Å². The Balaban J connectivity index is 1.79. The van der Waals surface area contributed by atoms with Gasteiger partial charge in [0.15, 0.2) is 0 Å². The molecule has 1 amide bonds. The van der Waals surface area contributed by atoms with Crippen molar-refractivity contribution in [3.05, 3.63) is 29.8 Å². The zero-order valence-electron chi connectivity index (χ0n) is 12.0. The second-order valence-electron chi connectivity index (χ2n) is 5.94. The number of hydrogen-bond acceptors (Lipinski definition) is 3. The van der Waals surface area contributed by atoms with E-state index >= 15 is 0 Å². The maximum absolute atomic E-state index is 12.6. The van der Waals surface area contributed by atoms with Crippen molar-refractivity contribution in [2.24, 2.45) is 5.73 Å². The molecule has 20 heavy (non-hydrogen) atoms. The predicted molar refractivity (Wildman–Crippen MR) is 77.5 cm³/mol. The Kier molecular flexibility index (Phi) is 3.42. The van der Waals surface area contributed by atoms with E-state index in [4.69, 9.17) is 10.5 Å². The van der Waals surface area contributed by atoms with Gasteiger partial charge < -0.3 is 15.4 Å². The average Bonchev–Trinajstić information content (AvgIpc) is 2.93. The third-order valence-electron chi connectivity index (χ3n) is 4.69. The van der Waals surface area contributed by atoms with E-state index in [1.54, 1.807) is 7.11 Å². The lowest BCUT2D eigenvalue weighted by atomic mass is 9.76. The second kappa shape index (κ2) is 5.09. The van der Waals surface area contributed by atoms with Gasteiger partial charge in [0.1, 0.15) is 5.75 Å². The molecule has 4 heteroatoms. The van der Waals surface area contributed by atoms with Crippen LogP contribution in [-0.4, -0.2) is 30.0 Å². The highest BCUT2D eigenvalue weighted by atomic mass is 16.5. The van der Waals surface area contributed by atoms with Crippen LogP contribution in [0.5, 0.6) is 5.75 Å². The third-order valence-corrected chi connectivity index (χ3v) is 4.69. The Labute approximate surface area is 119 Å². The number of benzene rings is 1. The SMILES string of the molecule is COc1ccc(C2CCCN2C(=O)C2(N)CCC2)cc1. The lowest BCUT2D eigenvalue weighted by molar-refractivity contribution is -0.141. The molecule has 1 heterocycles. The van der Waals surface area contributed by atoms with Gasteiger partial charge in [-0.25, -0.2) is 0 Å². The Morgan fingerprint density at radius 2 is 2.00 bits per heavy atom. The van der Waals surface area contributed by atoms with E-state index in [0.29, 0.717) is 0 Å². The molecule has 1 aromatic rings. The summed E-state index contributed by atoms with van der Waals surface area (Å²) in [5.74, 6) is 0.987. The molecule has 1 saturated heterocycles. The first-order valence-corrected chi connectivity index (χ1v) is 7.38. The van der Waals surface area contributed by atoms with Gasteiger partial charge in [-0.3, -0.25) is 4.79 Å². The van der Waals surface area contributed by atoms with E-state index < -0.39 is 5.54 Å². The van der Waals surface area contributed by atoms with Crippen molar-refractivity contribution in [2.45, 2.75) is 43.7 Å². The molecule has 0 radical (unpaired) electrons. The molecule has 3 rings (SSSR count). The number of amides is 1. The molecule has 1 aliphatic heterocycles. The first kappa shape index (κ1) is 13.4. The van der Waals surface area contributed by atoms with Crippen LogP contribution >= 0.6 is 0 Å². The highest BCUT2D eigenvalue weighted by molar-refractivity contribution is 5.87. The van der Waals surface area contributed by atoms with Gasteiger partial charge in [0.05, 0.1) is 18.7 Å². The standard InChI is InChI=1S/C16H22N2O2/c1-20-13-7-5-12(6-8-13)14-4-2-11-18(14)15(19)16(17)9-3-10-16/h5-8,14H,2-4,9-11,17H2,1H3. The van der Waals surface area contributed by atoms with E-state index in [0.717, 1.165) is 44.4 Å². The molecule has 2 N–H and O–H groups in total. The molecule has 4 nitrogen and oxygen atoms in total. The van der Waals surface area contributed by atoms with Crippen molar-refractivity contribution in [3.63, 3.8) is 0 Å². The van der Waals surface area contributed by atoms with Crippen LogP contribution in [0.1, 0.15) is 43.7 Å². The second-order valence-corrected chi connectivity index (χ2v) is 5.94. The molecule has 108 valence electrons. The molecule has 0 spiro atoms. The lowest BCUT2D eigenvalue weighted by Gasteiger charge is -2.41. The van der Waals surface area contributed by atoms with E-state index in [2.05, 4.69) is 12.1 Å². The monoisotopic (exact) mass is 274 g/mol. The number of rotatable bonds is 3. The normalized spacial score (nSPS) is 24.3.